The molecule has 25 heavy (non-hydrogen) atoms. The highest BCUT2D eigenvalue weighted by Crippen LogP contribution is 2.22. The van der Waals surface area contributed by atoms with Gasteiger partial charge in [0.2, 0.25) is 0 Å². The van der Waals surface area contributed by atoms with E-state index in [0.29, 0.717) is 39.7 Å². The predicted molar refractivity (Wildman–Crippen MR) is 98.7 cm³/mol. The number of aromatic nitrogens is 4. The van der Waals surface area contributed by atoms with Gasteiger partial charge in [0.15, 0.2) is 5.82 Å². The number of carbonyl (C=O) groups excluding carboxylic acids is 1. The number of rotatable bonds is 5. The van der Waals surface area contributed by atoms with Crippen LogP contribution in [0.4, 0.5) is 5.82 Å². The van der Waals surface area contributed by atoms with Crippen LogP contribution in [0.1, 0.15) is 23.0 Å². The molecule has 0 aliphatic carbocycles. The lowest BCUT2D eigenvalue weighted by Gasteiger charge is -2.06. The standard InChI is InChI=1S/C16H14Cl3N5O/c1-2-24-15(13(19)8-20-24)16(25)21-14-5-6-23(22-14)9-10-3-4-11(17)7-12(10)18/h3-8H,2,9H2,1H3,(H,21,22,25). The Morgan fingerprint density at radius 3 is 2.72 bits per heavy atom. The number of hydrogen-bond donors (Lipinski definition) is 1. The second-order valence-corrected chi connectivity index (χ2v) is 6.50. The van der Waals surface area contributed by atoms with Gasteiger partial charge in [0.25, 0.3) is 5.91 Å². The molecule has 1 aromatic carbocycles. The van der Waals surface area contributed by atoms with Crippen LogP contribution in [0, 0.1) is 0 Å². The van der Waals surface area contributed by atoms with Gasteiger partial charge in [-0.15, -0.1) is 0 Å². The van der Waals surface area contributed by atoms with Gasteiger partial charge >= 0.3 is 0 Å². The van der Waals surface area contributed by atoms with Crippen molar-refractivity contribution in [1.82, 2.24) is 19.6 Å². The van der Waals surface area contributed by atoms with Crippen molar-refractivity contribution in [3.63, 3.8) is 0 Å². The van der Waals surface area contributed by atoms with Crippen molar-refractivity contribution < 1.29 is 4.79 Å². The van der Waals surface area contributed by atoms with Gasteiger partial charge in [-0.25, -0.2) is 0 Å². The number of nitrogens with zero attached hydrogens (tertiary/aromatic N) is 4. The Kier molecular flexibility index (Phi) is 5.32. The van der Waals surface area contributed by atoms with E-state index in [2.05, 4.69) is 15.5 Å². The monoisotopic (exact) mass is 397 g/mol. The second-order valence-electron chi connectivity index (χ2n) is 5.25. The number of nitrogens with one attached hydrogen (secondary N) is 1. The number of anilines is 1. The third-order valence-corrected chi connectivity index (χ3v) is 4.40. The Morgan fingerprint density at radius 1 is 1.20 bits per heavy atom. The molecule has 0 saturated carbocycles. The molecule has 6 nitrogen and oxygen atoms in total. The summed E-state index contributed by atoms with van der Waals surface area (Å²) in [5, 5.41) is 12.5. The molecule has 1 N–H and O–H groups in total. The van der Waals surface area contributed by atoms with Gasteiger partial charge in [0.05, 0.1) is 17.8 Å². The maximum Gasteiger partial charge on any atom is 0.276 e. The Hall–Kier alpha value is -2.02. The fourth-order valence-electron chi connectivity index (χ4n) is 2.34. The minimum atomic E-state index is -0.362. The van der Waals surface area contributed by atoms with Crippen LogP contribution in [-0.2, 0) is 13.1 Å². The molecule has 130 valence electrons. The van der Waals surface area contributed by atoms with Gasteiger partial charge in [-0.2, -0.15) is 10.2 Å². The molecule has 2 heterocycles. The van der Waals surface area contributed by atoms with Crippen LogP contribution in [-0.4, -0.2) is 25.5 Å². The fourth-order valence-corrected chi connectivity index (χ4v) is 3.04. The number of halogens is 3. The maximum atomic E-state index is 12.4. The van der Waals surface area contributed by atoms with E-state index in [9.17, 15) is 4.79 Å². The zero-order valence-corrected chi connectivity index (χ0v) is 15.5. The molecule has 0 fully saturated rings. The van der Waals surface area contributed by atoms with Crippen LogP contribution in [0.5, 0.6) is 0 Å². The van der Waals surface area contributed by atoms with E-state index < -0.39 is 0 Å². The molecular formula is C16H14Cl3N5O. The van der Waals surface area contributed by atoms with Crippen molar-refractivity contribution in [2.75, 3.05) is 5.32 Å². The summed E-state index contributed by atoms with van der Waals surface area (Å²) >= 11 is 18.1. The third kappa shape index (κ3) is 3.98. The number of amides is 1. The molecule has 0 aliphatic rings. The molecule has 0 aliphatic heterocycles. The first-order valence-corrected chi connectivity index (χ1v) is 8.61. The Labute approximate surface area is 159 Å². The minimum absolute atomic E-state index is 0.298. The largest absolute Gasteiger partial charge is 0.304 e. The van der Waals surface area contributed by atoms with E-state index in [1.807, 2.05) is 13.0 Å². The maximum absolute atomic E-state index is 12.4. The minimum Gasteiger partial charge on any atom is -0.304 e. The van der Waals surface area contributed by atoms with Crippen molar-refractivity contribution in [2.24, 2.45) is 0 Å². The fraction of sp³-hybridized carbons (Fsp3) is 0.188. The van der Waals surface area contributed by atoms with Gasteiger partial charge in [0, 0.05) is 28.9 Å². The molecule has 3 aromatic rings. The van der Waals surface area contributed by atoms with Gasteiger partial charge < -0.3 is 5.32 Å². The number of aryl methyl sites for hydroxylation is 1. The molecule has 3 rings (SSSR count). The summed E-state index contributed by atoms with van der Waals surface area (Å²) in [5.74, 6) is 0.0501. The van der Waals surface area contributed by atoms with Crippen molar-refractivity contribution >= 4 is 46.5 Å². The number of benzene rings is 1. The lowest BCUT2D eigenvalue weighted by molar-refractivity contribution is 0.101. The van der Waals surface area contributed by atoms with Crippen molar-refractivity contribution in [3.8, 4) is 0 Å². The summed E-state index contributed by atoms with van der Waals surface area (Å²) in [4.78, 5) is 12.4. The summed E-state index contributed by atoms with van der Waals surface area (Å²) in [5.41, 5.74) is 1.18. The average Bonchev–Trinajstić information content (AvgIpc) is 3.16. The van der Waals surface area contributed by atoms with E-state index in [4.69, 9.17) is 34.8 Å². The molecule has 0 bridgehead atoms. The van der Waals surface area contributed by atoms with Crippen LogP contribution in [0.15, 0.2) is 36.7 Å². The molecule has 0 radical (unpaired) electrons. The Morgan fingerprint density at radius 2 is 2.00 bits per heavy atom. The highest BCUT2D eigenvalue weighted by atomic mass is 35.5. The van der Waals surface area contributed by atoms with Crippen molar-refractivity contribution in [3.05, 3.63) is 63.0 Å². The quantitative estimate of drug-likeness (QED) is 0.694. The molecule has 0 saturated heterocycles. The van der Waals surface area contributed by atoms with E-state index in [1.54, 1.807) is 29.1 Å². The summed E-state index contributed by atoms with van der Waals surface area (Å²) in [6, 6.07) is 6.98. The topological polar surface area (TPSA) is 64.7 Å². The van der Waals surface area contributed by atoms with E-state index in [0.717, 1.165) is 5.56 Å². The van der Waals surface area contributed by atoms with Crippen molar-refractivity contribution in [2.45, 2.75) is 20.0 Å². The van der Waals surface area contributed by atoms with Crippen LogP contribution < -0.4 is 5.32 Å². The molecule has 0 unspecified atom stereocenters. The SMILES string of the molecule is CCn1ncc(Cl)c1C(=O)Nc1ccn(Cc2ccc(Cl)cc2Cl)n1. The molecule has 0 spiro atoms. The molecule has 1 amide bonds. The van der Waals surface area contributed by atoms with Gasteiger partial charge in [0.1, 0.15) is 5.69 Å². The molecular weight excluding hydrogens is 385 g/mol. The van der Waals surface area contributed by atoms with Crippen LogP contribution in [0.3, 0.4) is 0 Å². The lowest BCUT2D eigenvalue weighted by atomic mass is 10.2. The summed E-state index contributed by atoms with van der Waals surface area (Å²) < 4.78 is 3.20. The predicted octanol–water partition coefficient (Wildman–Crippen LogP) is 4.36. The summed E-state index contributed by atoms with van der Waals surface area (Å²) in [7, 11) is 0. The zero-order valence-electron chi connectivity index (χ0n) is 13.2. The smallest absolute Gasteiger partial charge is 0.276 e. The number of carbonyl (C=O) groups is 1. The zero-order chi connectivity index (χ0) is 18.0. The Bertz CT molecular complexity index is 918. The first-order valence-electron chi connectivity index (χ1n) is 7.48. The second kappa shape index (κ2) is 7.47. The van der Waals surface area contributed by atoms with Crippen LogP contribution >= 0.6 is 34.8 Å². The van der Waals surface area contributed by atoms with E-state index >= 15 is 0 Å². The number of hydrogen-bond acceptors (Lipinski definition) is 3. The van der Waals surface area contributed by atoms with Crippen LogP contribution in [0.2, 0.25) is 15.1 Å². The first kappa shape index (κ1) is 17.8. The van der Waals surface area contributed by atoms with E-state index in [-0.39, 0.29) is 5.91 Å². The van der Waals surface area contributed by atoms with Gasteiger partial charge in [-0.3, -0.25) is 14.2 Å². The molecule has 0 atom stereocenters. The average molecular weight is 399 g/mol. The van der Waals surface area contributed by atoms with Gasteiger partial charge in [-0.1, -0.05) is 40.9 Å². The van der Waals surface area contributed by atoms with E-state index in [1.165, 1.54) is 10.9 Å². The van der Waals surface area contributed by atoms with Gasteiger partial charge in [-0.05, 0) is 24.6 Å². The highest BCUT2D eigenvalue weighted by molar-refractivity contribution is 6.35. The highest BCUT2D eigenvalue weighted by Gasteiger charge is 2.17. The first-order chi connectivity index (χ1) is 12.0. The normalized spacial score (nSPS) is 10.9. The van der Waals surface area contributed by atoms with Crippen LogP contribution in [0.25, 0.3) is 0 Å². The molecule has 2 aromatic heterocycles. The summed E-state index contributed by atoms with van der Waals surface area (Å²) in [6.45, 7) is 2.88. The molecule has 9 heteroatoms. The van der Waals surface area contributed by atoms with Crippen molar-refractivity contribution in [1.29, 1.82) is 0 Å². The Balaban J connectivity index is 1.73. The third-order valence-electron chi connectivity index (χ3n) is 3.54. The lowest BCUT2D eigenvalue weighted by Crippen LogP contribution is -2.18. The summed E-state index contributed by atoms with van der Waals surface area (Å²) in [6.07, 6.45) is 3.19.